The molecule has 0 fully saturated rings. The summed E-state index contributed by atoms with van der Waals surface area (Å²) in [5, 5.41) is 2.64. The zero-order valence-corrected chi connectivity index (χ0v) is 11.5. The molecule has 1 aromatic carbocycles. The summed E-state index contributed by atoms with van der Waals surface area (Å²) in [6, 6.07) is 5.57. The molecule has 2 heterocycles. The Balaban J connectivity index is 2.52. The molecule has 2 aromatic heterocycles. The number of rotatable bonds is 1. The van der Waals surface area contributed by atoms with Crippen LogP contribution in [0.2, 0.25) is 5.02 Å². The Hall–Kier alpha value is -1.87. The minimum Gasteiger partial charge on any atom is -0.286 e. The molecule has 0 aliphatic rings. The number of carbonyl (C=O) groups is 1. The van der Waals surface area contributed by atoms with E-state index in [1.54, 1.807) is 11.5 Å². The first-order valence-corrected chi connectivity index (χ1v) is 6.58. The van der Waals surface area contributed by atoms with Gasteiger partial charge in [-0.05, 0) is 30.2 Å². The number of benzene rings is 1. The molecule has 0 saturated heterocycles. The van der Waals surface area contributed by atoms with Gasteiger partial charge < -0.3 is 0 Å². The van der Waals surface area contributed by atoms with Crippen LogP contribution in [0.15, 0.2) is 30.6 Å². The van der Waals surface area contributed by atoms with E-state index in [2.05, 4.69) is 11.9 Å². The van der Waals surface area contributed by atoms with Crippen molar-refractivity contribution in [2.75, 3.05) is 0 Å². The van der Waals surface area contributed by atoms with Crippen molar-refractivity contribution in [2.45, 2.75) is 20.3 Å². The van der Waals surface area contributed by atoms with Crippen LogP contribution in [0.25, 0.3) is 21.8 Å². The summed E-state index contributed by atoms with van der Waals surface area (Å²) < 4.78 is 1.70. The third-order valence-electron chi connectivity index (χ3n) is 3.39. The van der Waals surface area contributed by atoms with E-state index in [1.807, 2.05) is 30.6 Å². The van der Waals surface area contributed by atoms with E-state index in [-0.39, 0.29) is 5.91 Å². The maximum atomic E-state index is 11.8. The van der Waals surface area contributed by atoms with Crippen molar-refractivity contribution < 1.29 is 4.79 Å². The van der Waals surface area contributed by atoms with Crippen LogP contribution < -0.4 is 0 Å². The minimum atomic E-state index is 0.00662. The molecular formula is C15H13ClN2O. The van der Waals surface area contributed by atoms with Crippen LogP contribution in [0.5, 0.6) is 0 Å². The molecule has 0 amide bonds. The number of halogens is 1. The van der Waals surface area contributed by atoms with Crippen LogP contribution in [0.1, 0.15) is 24.2 Å². The van der Waals surface area contributed by atoms with Crippen molar-refractivity contribution in [3.8, 4) is 0 Å². The first-order chi connectivity index (χ1) is 9.11. The molecular weight excluding hydrogens is 260 g/mol. The van der Waals surface area contributed by atoms with Gasteiger partial charge in [0, 0.05) is 35.1 Å². The Morgan fingerprint density at radius 2 is 2.16 bits per heavy atom. The van der Waals surface area contributed by atoms with Crippen LogP contribution in [0.3, 0.4) is 0 Å². The van der Waals surface area contributed by atoms with Gasteiger partial charge in [-0.1, -0.05) is 18.5 Å². The molecule has 3 nitrogen and oxygen atoms in total. The molecule has 0 spiro atoms. The summed E-state index contributed by atoms with van der Waals surface area (Å²) in [7, 11) is 0. The van der Waals surface area contributed by atoms with Crippen molar-refractivity contribution in [3.63, 3.8) is 0 Å². The van der Waals surface area contributed by atoms with E-state index in [1.165, 1.54) is 0 Å². The molecule has 0 unspecified atom stereocenters. The first kappa shape index (κ1) is 12.2. The monoisotopic (exact) mass is 272 g/mol. The van der Waals surface area contributed by atoms with E-state index >= 15 is 0 Å². The average molecular weight is 273 g/mol. The summed E-state index contributed by atoms with van der Waals surface area (Å²) in [4.78, 5) is 16.3. The van der Waals surface area contributed by atoms with Gasteiger partial charge in [0.1, 0.15) is 0 Å². The number of fused-ring (bicyclic) bond motifs is 3. The molecule has 0 aliphatic heterocycles. The topological polar surface area (TPSA) is 34.9 Å². The van der Waals surface area contributed by atoms with Crippen molar-refractivity contribution in [2.24, 2.45) is 0 Å². The van der Waals surface area contributed by atoms with Gasteiger partial charge in [-0.3, -0.25) is 14.3 Å². The molecule has 19 heavy (non-hydrogen) atoms. The molecule has 0 radical (unpaired) electrons. The fourth-order valence-electron chi connectivity index (χ4n) is 2.47. The molecule has 3 rings (SSSR count). The summed E-state index contributed by atoms with van der Waals surface area (Å²) in [6.07, 6.45) is 4.60. The van der Waals surface area contributed by atoms with Crippen LogP contribution in [-0.2, 0) is 6.42 Å². The second-order valence-corrected chi connectivity index (χ2v) is 5.02. The maximum absolute atomic E-state index is 11.8. The number of aryl methyl sites for hydroxylation is 1. The second-order valence-electron chi connectivity index (χ2n) is 4.58. The highest BCUT2D eigenvalue weighted by Crippen LogP contribution is 2.29. The Kier molecular flexibility index (Phi) is 2.79. The minimum absolute atomic E-state index is 0.00662. The van der Waals surface area contributed by atoms with Crippen molar-refractivity contribution in [1.82, 2.24) is 9.55 Å². The Morgan fingerprint density at radius 3 is 2.84 bits per heavy atom. The third-order valence-corrected chi connectivity index (χ3v) is 3.63. The molecule has 0 aliphatic carbocycles. The van der Waals surface area contributed by atoms with Gasteiger partial charge in [-0.15, -0.1) is 0 Å². The van der Waals surface area contributed by atoms with Crippen molar-refractivity contribution in [3.05, 3.63) is 41.2 Å². The predicted octanol–water partition coefficient (Wildman–Crippen LogP) is 4.07. The molecule has 4 heteroatoms. The van der Waals surface area contributed by atoms with Crippen LogP contribution in [0.4, 0.5) is 0 Å². The molecule has 0 N–H and O–H groups in total. The highest BCUT2D eigenvalue weighted by atomic mass is 35.5. The van der Waals surface area contributed by atoms with E-state index in [0.29, 0.717) is 5.02 Å². The van der Waals surface area contributed by atoms with E-state index in [4.69, 9.17) is 11.6 Å². The SMILES string of the molecule is CCc1cn(C(C)=O)c2c1cnc1cc(Cl)ccc12. The van der Waals surface area contributed by atoms with Gasteiger partial charge >= 0.3 is 0 Å². The lowest BCUT2D eigenvalue weighted by molar-refractivity contribution is 0.0941. The second kappa shape index (κ2) is 4.35. The first-order valence-electron chi connectivity index (χ1n) is 6.21. The fourth-order valence-corrected chi connectivity index (χ4v) is 2.63. The lowest BCUT2D eigenvalue weighted by Gasteiger charge is -2.04. The van der Waals surface area contributed by atoms with Gasteiger partial charge in [0.25, 0.3) is 0 Å². The Morgan fingerprint density at radius 1 is 1.37 bits per heavy atom. The standard InChI is InChI=1S/C15H13ClN2O/c1-3-10-8-18(9(2)19)15-12-5-4-11(16)6-14(12)17-7-13(10)15/h4-8H,3H2,1-2H3. The van der Waals surface area contributed by atoms with Gasteiger partial charge in [-0.2, -0.15) is 0 Å². The normalized spacial score (nSPS) is 11.3. The van der Waals surface area contributed by atoms with Gasteiger partial charge in [0.15, 0.2) is 0 Å². The maximum Gasteiger partial charge on any atom is 0.227 e. The number of pyridine rings is 1. The van der Waals surface area contributed by atoms with Crippen LogP contribution in [-0.4, -0.2) is 15.5 Å². The summed E-state index contributed by atoms with van der Waals surface area (Å²) in [5.41, 5.74) is 2.86. The number of hydrogen-bond acceptors (Lipinski definition) is 2. The highest BCUT2D eigenvalue weighted by Gasteiger charge is 2.13. The van der Waals surface area contributed by atoms with Crippen molar-refractivity contribution in [1.29, 1.82) is 0 Å². The number of hydrogen-bond donors (Lipinski definition) is 0. The average Bonchev–Trinajstić information content (AvgIpc) is 2.77. The molecule has 0 bridgehead atoms. The van der Waals surface area contributed by atoms with Crippen molar-refractivity contribution >= 4 is 39.3 Å². The summed E-state index contributed by atoms with van der Waals surface area (Å²) in [6.45, 7) is 3.65. The van der Waals surface area contributed by atoms with Crippen LogP contribution >= 0.6 is 11.6 Å². The molecule has 96 valence electrons. The lowest BCUT2D eigenvalue weighted by Crippen LogP contribution is -2.03. The third kappa shape index (κ3) is 1.81. The Labute approximate surface area is 115 Å². The lowest BCUT2D eigenvalue weighted by atomic mass is 10.1. The van der Waals surface area contributed by atoms with E-state index in [0.717, 1.165) is 33.8 Å². The van der Waals surface area contributed by atoms with Crippen LogP contribution in [0, 0.1) is 0 Å². The number of nitrogens with zero attached hydrogens (tertiary/aromatic N) is 2. The largest absolute Gasteiger partial charge is 0.286 e. The molecule has 0 saturated carbocycles. The van der Waals surface area contributed by atoms with Gasteiger partial charge in [0.05, 0.1) is 11.0 Å². The smallest absolute Gasteiger partial charge is 0.227 e. The number of aromatic nitrogens is 2. The van der Waals surface area contributed by atoms with E-state index in [9.17, 15) is 4.79 Å². The number of carbonyl (C=O) groups excluding carboxylic acids is 1. The quantitative estimate of drug-likeness (QED) is 0.669. The molecule has 0 atom stereocenters. The summed E-state index contributed by atoms with van der Waals surface area (Å²) in [5.74, 6) is 0.00662. The zero-order chi connectivity index (χ0) is 13.6. The van der Waals surface area contributed by atoms with Gasteiger partial charge in [0.2, 0.25) is 5.91 Å². The van der Waals surface area contributed by atoms with E-state index < -0.39 is 0 Å². The molecule has 3 aromatic rings. The zero-order valence-electron chi connectivity index (χ0n) is 10.8. The summed E-state index contributed by atoms with van der Waals surface area (Å²) >= 11 is 5.99. The highest BCUT2D eigenvalue weighted by molar-refractivity contribution is 6.31. The Bertz CT molecular complexity index is 805. The predicted molar refractivity (Wildman–Crippen MR) is 77.9 cm³/mol. The van der Waals surface area contributed by atoms with Gasteiger partial charge in [-0.25, -0.2) is 0 Å². The fraction of sp³-hybridized carbons (Fsp3) is 0.200.